The zero-order valence-corrected chi connectivity index (χ0v) is 12.3. The molecule has 20 heavy (non-hydrogen) atoms. The Kier molecular flexibility index (Phi) is 4.68. The van der Waals surface area contributed by atoms with Crippen LogP contribution in [0.3, 0.4) is 0 Å². The van der Waals surface area contributed by atoms with E-state index in [4.69, 9.17) is 0 Å². The minimum Gasteiger partial charge on any atom is -0.481 e. The van der Waals surface area contributed by atoms with Crippen molar-refractivity contribution in [2.75, 3.05) is 19.6 Å². The van der Waals surface area contributed by atoms with E-state index in [0.29, 0.717) is 19.4 Å². The van der Waals surface area contributed by atoms with E-state index in [1.54, 1.807) is 0 Å². The average Bonchev–Trinajstić information content (AvgIpc) is 2.46. The lowest BCUT2D eigenvalue weighted by molar-refractivity contribution is -0.151. The summed E-state index contributed by atoms with van der Waals surface area (Å²) in [5.74, 6) is -0.764. The number of carboxylic acid groups (broad SMARTS) is 1. The first-order chi connectivity index (χ1) is 9.49. The van der Waals surface area contributed by atoms with Gasteiger partial charge in [0.1, 0.15) is 0 Å². The lowest BCUT2D eigenvalue weighted by atomic mass is 9.73. The van der Waals surface area contributed by atoms with Crippen LogP contribution in [-0.4, -0.2) is 36.6 Å². The van der Waals surface area contributed by atoms with Crippen LogP contribution in [0.15, 0.2) is 0 Å². The molecule has 2 fully saturated rings. The fraction of sp³-hybridized carbons (Fsp3) is 0.867. The number of hydrogen-bond donors (Lipinski definition) is 3. The molecule has 0 spiro atoms. The number of hydrogen-bond acceptors (Lipinski definition) is 3. The van der Waals surface area contributed by atoms with Crippen LogP contribution >= 0.6 is 0 Å². The summed E-state index contributed by atoms with van der Waals surface area (Å²) in [6.45, 7) is 3.88. The van der Waals surface area contributed by atoms with Gasteiger partial charge in [-0.2, -0.15) is 0 Å². The highest BCUT2D eigenvalue weighted by atomic mass is 16.4. The van der Waals surface area contributed by atoms with Crippen LogP contribution in [0.25, 0.3) is 0 Å². The number of nitrogens with one attached hydrogen (secondary N) is 2. The van der Waals surface area contributed by atoms with E-state index in [0.717, 1.165) is 38.6 Å². The van der Waals surface area contributed by atoms with Crippen molar-refractivity contribution in [3.8, 4) is 0 Å². The van der Waals surface area contributed by atoms with Crippen molar-refractivity contribution < 1.29 is 14.7 Å². The molecular weight excluding hydrogens is 256 g/mol. The third-order valence-corrected chi connectivity index (χ3v) is 5.00. The van der Waals surface area contributed by atoms with Gasteiger partial charge >= 0.3 is 5.97 Å². The first-order valence-electron chi connectivity index (χ1n) is 7.71. The zero-order valence-electron chi connectivity index (χ0n) is 12.3. The van der Waals surface area contributed by atoms with E-state index in [1.165, 1.54) is 0 Å². The van der Waals surface area contributed by atoms with Gasteiger partial charge in [-0.3, -0.25) is 9.59 Å². The summed E-state index contributed by atoms with van der Waals surface area (Å²) in [5, 5.41) is 15.7. The largest absolute Gasteiger partial charge is 0.481 e. The Morgan fingerprint density at radius 1 is 1.15 bits per heavy atom. The van der Waals surface area contributed by atoms with Crippen LogP contribution in [-0.2, 0) is 9.59 Å². The van der Waals surface area contributed by atoms with Gasteiger partial charge in [0.15, 0.2) is 0 Å². The molecule has 3 N–H and O–H groups in total. The Bertz CT molecular complexity index is 369. The van der Waals surface area contributed by atoms with Crippen LogP contribution < -0.4 is 10.6 Å². The summed E-state index contributed by atoms with van der Waals surface area (Å²) < 4.78 is 0. The molecule has 1 amide bonds. The third-order valence-electron chi connectivity index (χ3n) is 5.00. The van der Waals surface area contributed by atoms with Crippen molar-refractivity contribution in [2.45, 2.75) is 51.9 Å². The van der Waals surface area contributed by atoms with Crippen molar-refractivity contribution in [2.24, 2.45) is 10.8 Å². The van der Waals surface area contributed by atoms with Crippen molar-refractivity contribution in [1.29, 1.82) is 0 Å². The number of amides is 1. The van der Waals surface area contributed by atoms with Crippen LogP contribution in [0.4, 0.5) is 0 Å². The van der Waals surface area contributed by atoms with Crippen LogP contribution in [0.1, 0.15) is 51.9 Å². The number of piperidine rings is 1. The van der Waals surface area contributed by atoms with E-state index in [1.807, 2.05) is 6.92 Å². The van der Waals surface area contributed by atoms with Crippen LogP contribution in [0, 0.1) is 10.8 Å². The number of carbonyl (C=O) groups is 2. The quantitative estimate of drug-likeness (QED) is 0.730. The Labute approximate surface area is 120 Å². The topological polar surface area (TPSA) is 78.4 Å². The van der Waals surface area contributed by atoms with Crippen molar-refractivity contribution in [3.05, 3.63) is 0 Å². The monoisotopic (exact) mass is 282 g/mol. The van der Waals surface area contributed by atoms with E-state index < -0.39 is 16.8 Å². The Morgan fingerprint density at radius 2 is 1.85 bits per heavy atom. The summed E-state index contributed by atoms with van der Waals surface area (Å²) in [5.41, 5.74) is -1.14. The van der Waals surface area contributed by atoms with Gasteiger partial charge in [0.25, 0.3) is 0 Å². The smallest absolute Gasteiger partial charge is 0.311 e. The molecular formula is C15H26N2O3. The molecule has 1 heterocycles. The molecule has 1 unspecified atom stereocenters. The maximum Gasteiger partial charge on any atom is 0.311 e. The standard InChI is InChI=1S/C15H26N2O3/c1-14(6-5-9-16-10-14)12(18)17-11-15(13(19)20)7-3-2-4-8-15/h16H,2-11H2,1H3,(H,17,18)(H,19,20). The summed E-state index contributed by atoms with van der Waals surface area (Å²) in [7, 11) is 0. The molecule has 0 aromatic carbocycles. The van der Waals surface area contributed by atoms with Crippen LogP contribution in [0.2, 0.25) is 0 Å². The second kappa shape index (κ2) is 6.12. The van der Waals surface area contributed by atoms with Gasteiger partial charge in [0.05, 0.1) is 10.8 Å². The zero-order chi connectivity index (χ0) is 14.6. The van der Waals surface area contributed by atoms with Crippen molar-refractivity contribution in [1.82, 2.24) is 10.6 Å². The molecule has 1 saturated carbocycles. The molecule has 2 aliphatic rings. The second-order valence-electron chi connectivity index (χ2n) is 6.67. The molecule has 0 aromatic rings. The SMILES string of the molecule is CC1(C(=O)NCC2(C(=O)O)CCCCC2)CCCNC1. The van der Waals surface area contributed by atoms with Gasteiger partial charge in [-0.25, -0.2) is 0 Å². The first-order valence-corrected chi connectivity index (χ1v) is 7.71. The molecule has 1 aliphatic carbocycles. The van der Waals surface area contributed by atoms with Crippen LogP contribution in [0.5, 0.6) is 0 Å². The van der Waals surface area contributed by atoms with Crippen molar-refractivity contribution in [3.63, 3.8) is 0 Å². The number of rotatable bonds is 4. The lowest BCUT2D eigenvalue weighted by Gasteiger charge is -2.36. The number of carbonyl (C=O) groups excluding carboxylic acids is 1. The molecule has 0 bridgehead atoms. The van der Waals surface area contributed by atoms with Gasteiger partial charge < -0.3 is 15.7 Å². The number of aliphatic carboxylic acids is 1. The number of carboxylic acids is 1. The summed E-state index contributed by atoms with van der Waals surface area (Å²) in [6, 6.07) is 0. The summed E-state index contributed by atoms with van der Waals surface area (Å²) in [6.07, 6.45) is 6.21. The minimum atomic E-state index is -0.760. The van der Waals surface area contributed by atoms with Crippen molar-refractivity contribution >= 4 is 11.9 Å². The highest BCUT2D eigenvalue weighted by molar-refractivity contribution is 5.83. The van der Waals surface area contributed by atoms with Gasteiger partial charge in [0.2, 0.25) is 5.91 Å². The van der Waals surface area contributed by atoms with E-state index in [-0.39, 0.29) is 12.5 Å². The summed E-state index contributed by atoms with van der Waals surface area (Å²) in [4.78, 5) is 24.0. The molecule has 2 rings (SSSR count). The van der Waals surface area contributed by atoms with Gasteiger partial charge in [-0.15, -0.1) is 0 Å². The maximum absolute atomic E-state index is 12.4. The normalized spacial score (nSPS) is 29.6. The molecule has 1 atom stereocenters. The fourth-order valence-corrected chi connectivity index (χ4v) is 3.41. The highest BCUT2D eigenvalue weighted by Gasteiger charge is 2.42. The first kappa shape index (κ1) is 15.3. The van der Waals surface area contributed by atoms with Gasteiger partial charge in [0, 0.05) is 13.1 Å². The molecule has 5 heteroatoms. The second-order valence-corrected chi connectivity index (χ2v) is 6.67. The summed E-state index contributed by atoms with van der Waals surface area (Å²) >= 11 is 0. The molecule has 0 aromatic heterocycles. The Hall–Kier alpha value is -1.10. The lowest BCUT2D eigenvalue weighted by Crippen LogP contribution is -2.52. The maximum atomic E-state index is 12.4. The minimum absolute atomic E-state index is 0.00380. The van der Waals surface area contributed by atoms with E-state index >= 15 is 0 Å². The molecule has 1 aliphatic heterocycles. The predicted octanol–water partition coefficient (Wildman–Crippen LogP) is 1.53. The highest BCUT2D eigenvalue weighted by Crippen LogP contribution is 2.36. The molecule has 0 radical (unpaired) electrons. The third kappa shape index (κ3) is 3.14. The average molecular weight is 282 g/mol. The predicted molar refractivity (Wildman–Crippen MR) is 76.4 cm³/mol. The Morgan fingerprint density at radius 3 is 2.40 bits per heavy atom. The molecule has 1 saturated heterocycles. The van der Waals surface area contributed by atoms with Gasteiger partial charge in [-0.05, 0) is 39.2 Å². The van der Waals surface area contributed by atoms with Gasteiger partial charge in [-0.1, -0.05) is 19.3 Å². The Balaban J connectivity index is 1.95. The van der Waals surface area contributed by atoms with E-state index in [9.17, 15) is 14.7 Å². The molecule has 114 valence electrons. The van der Waals surface area contributed by atoms with E-state index in [2.05, 4.69) is 10.6 Å². The fourth-order valence-electron chi connectivity index (χ4n) is 3.41. The molecule has 5 nitrogen and oxygen atoms in total.